The van der Waals surface area contributed by atoms with Crippen LogP contribution in [-0.4, -0.2) is 47.5 Å². The minimum atomic E-state index is -0.797. The molecular formula is C16H21NO4. The van der Waals surface area contributed by atoms with E-state index in [4.69, 9.17) is 9.84 Å². The minimum absolute atomic E-state index is 0.00455. The molecule has 1 unspecified atom stereocenters. The van der Waals surface area contributed by atoms with Crippen LogP contribution in [0.15, 0.2) is 24.3 Å². The van der Waals surface area contributed by atoms with Crippen LogP contribution in [0.2, 0.25) is 0 Å². The van der Waals surface area contributed by atoms with Crippen molar-refractivity contribution in [3.05, 3.63) is 29.8 Å². The lowest BCUT2D eigenvalue weighted by Crippen LogP contribution is -2.37. The molecule has 1 atom stereocenters. The Hall–Kier alpha value is -1.88. The Labute approximate surface area is 124 Å². The summed E-state index contributed by atoms with van der Waals surface area (Å²) in [6, 6.07) is 6.74. The highest BCUT2D eigenvalue weighted by Crippen LogP contribution is 2.22. The molecule has 5 heteroatoms. The number of para-hydroxylation sites is 1. The molecule has 1 aromatic rings. The topological polar surface area (TPSA) is 66.8 Å². The molecule has 21 heavy (non-hydrogen) atoms. The first-order valence-electron chi connectivity index (χ1n) is 7.35. The van der Waals surface area contributed by atoms with Crippen LogP contribution >= 0.6 is 0 Å². The fraction of sp³-hybridized carbons (Fsp3) is 0.500. The Morgan fingerprint density at radius 3 is 2.86 bits per heavy atom. The molecular weight excluding hydrogens is 270 g/mol. The Bertz CT molecular complexity index is 515. The lowest BCUT2D eigenvalue weighted by Gasteiger charge is -2.20. The molecule has 1 heterocycles. The van der Waals surface area contributed by atoms with E-state index in [9.17, 15) is 9.59 Å². The zero-order chi connectivity index (χ0) is 15.2. The Kier molecular flexibility index (Phi) is 5.33. The molecule has 0 radical (unpaired) electrons. The molecule has 1 aliphatic rings. The van der Waals surface area contributed by atoms with E-state index in [0.717, 1.165) is 13.0 Å². The summed E-state index contributed by atoms with van der Waals surface area (Å²) in [5.41, 5.74) is 0.574. The highest BCUT2D eigenvalue weighted by atomic mass is 16.5. The SMILES string of the molecule is CCOc1ccccc1C(=O)CCN1CCCC1C(=O)O. The molecule has 1 aromatic carbocycles. The number of nitrogens with zero attached hydrogens (tertiary/aromatic N) is 1. The van der Waals surface area contributed by atoms with Crippen LogP contribution in [0.5, 0.6) is 5.75 Å². The van der Waals surface area contributed by atoms with Gasteiger partial charge in [-0.1, -0.05) is 12.1 Å². The third kappa shape index (κ3) is 3.82. The number of aliphatic carboxylic acids is 1. The molecule has 114 valence electrons. The summed E-state index contributed by atoms with van der Waals surface area (Å²) in [4.78, 5) is 25.3. The van der Waals surface area contributed by atoms with Crippen LogP contribution in [0.25, 0.3) is 0 Å². The highest BCUT2D eigenvalue weighted by molar-refractivity contribution is 5.98. The Balaban J connectivity index is 1.97. The van der Waals surface area contributed by atoms with Crippen LogP contribution in [-0.2, 0) is 4.79 Å². The van der Waals surface area contributed by atoms with Gasteiger partial charge in [-0.05, 0) is 38.4 Å². The van der Waals surface area contributed by atoms with Gasteiger partial charge in [-0.15, -0.1) is 0 Å². The largest absolute Gasteiger partial charge is 0.493 e. The second-order valence-electron chi connectivity index (χ2n) is 5.13. The van der Waals surface area contributed by atoms with Gasteiger partial charge in [0.2, 0.25) is 0 Å². The van der Waals surface area contributed by atoms with Gasteiger partial charge < -0.3 is 9.84 Å². The molecule has 0 spiro atoms. The van der Waals surface area contributed by atoms with Crippen molar-refractivity contribution in [1.29, 1.82) is 0 Å². The minimum Gasteiger partial charge on any atom is -0.493 e. The monoisotopic (exact) mass is 291 g/mol. The molecule has 1 N–H and O–H groups in total. The summed E-state index contributed by atoms with van der Waals surface area (Å²) in [7, 11) is 0. The van der Waals surface area contributed by atoms with Crippen LogP contribution in [0.1, 0.15) is 36.5 Å². The van der Waals surface area contributed by atoms with Crippen molar-refractivity contribution in [3.8, 4) is 5.75 Å². The van der Waals surface area contributed by atoms with Crippen LogP contribution in [0.4, 0.5) is 0 Å². The average Bonchev–Trinajstić information content (AvgIpc) is 2.94. The van der Waals surface area contributed by atoms with Gasteiger partial charge in [-0.25, -0.2) is 0 Å². The predicted molar refractivity (Wildman–Crippen MR) is 78.8 cm³/mol. The van der Waals surface area contributed by atoms with E-state index in [1.165, 1.54) is 0 Å². The van der Waals surface area contributed by atoms with Crippen molar-refractivity contribution < 1.29 is 19.4 Å². The maximum absolute atomic E-state index is 12.3. The van der Waals surface area contributed by atoms with Gasteiger partial charge in [0.05, 0.1) is 12.2 Å². The quantitative estimate of drug-likeness (QED) is 0.780. The van der Waals surface area contributed by atoms with E-state index in [1.54, 1.807) is 12.1 Å². The van der Waals surface area contributed by atoms with Gasteiger partial charge in [0.25, 0.3) is 0 Å². The van der Waals surface area contributed by atoms with Gasteiger partial charge in [-0.3, -0.25) is 14.5 Å². The third-order valence-electron chi connectivity index (χ3n) is 3.76. The number of Topliss-reactive ketones (excluding diaryl/α,β-unsaturated/α-hetero) is 1. The maximum atomic E-state index is 12.3. The second kappa shape index (κ2) is 7.22. The van der Waals surface area contributed by atoms with E-state index in [0.29, 0.717) is 37.3 Å². The van der Waals surface area contributed by atoms with Crippen molar-refractivity contribution in [2.75, 3.05) is 19.7 Å². The van der Waals surface area contributed by atoms with Crippen LogP contribution in [0, 0.1) is 0 Å². The molecule has 0 saturated carbocycles. The molecule has 1 saturated heterocycles. The number of ketones is 1. The molecule has 1 fully saturated rings. The summed E-state index contributed by atoms with van der Waals surface area (Å²) in [5.74, 6) is -0.203. The van der Waals surface area contributed by atoms with Gasteiger partial charge in [-0.2, -0.15) is 0 Å². The number of benzene rings is 1. The number of likely N-dealkylation sites (tertiary alicyclic amines) is 1. The number of carbonyl (C=O) groups excluding carboxylic acids is 1. The van der Waals surface area contributed by atoms with Crippen molar-refractivity contribution in [2.24, 2.45) is 0 Å². The van der Waals surface area contributed by atoms with Gasteiger partial charge in [0, 0.05) is 13.0 Å². The van der Waals surface area contributed by atoms with Crippen molar-refractivity contribution in [2.45, 2.75) is 32.2 Å². The second-order valence-corrected chi connectivity index (χ2v) is 5.13. The van der Waals surface area contributed by atoms with E-state index < -0.39 is 12.0 Å². The first-order valence-corrected chi connectivity index (χ1v) is 7.35. The Morgan fingerprint density at radius 1 is 1.38 bits per heavy atom. The summed E-state index contributed by atoms with van der Waals surface area (Å²) < 4.78 is 5.46. The maximum Gasteiger partial charge on any atom is 0.320 e. The fourth-order valence-electron chi connectivity index (χ4n) is 2.73. The van der Waals surface area contributed by atoms with Crippen LogP contribution < -0.4 is 4.74 Å². The number of carboxylic acid groups (broad SMARTS) is 1. The molecule has 5 nitrogen and oxygen atoms in total. The van der Waals surface area contributed by atoms with Gasteiger partial charge in [0.1, 0.15) is 11.8 Å². The van der Waals surface area contributed by atoms with E-state index in [1.807, 2.05) is 24.0 Å². The summed E-state index contributed by atoms with van der Waals surface area (Å²) >= 11 is 0. The highest BCUT2D eigenvalue weighted by Gasteiger charge is 2.30. The molecule has 0 amide bonds. The number of hydrogen-bond acceptors (Lipinski definition) is 4. The number of carbonyl (C=O) groups is 2. The van der Waals surface area contributed by atoms with E-state index in [-0.39, 0.29) is 5.78 Å². The van der Waals surface area contributed by atoms with Gasteiger partial charge >= 0.3 is 5.97 Å². The molecule has 1 aliphatic heterocycles. The predicted octanol–water partition coefficient (Wildman–Crippen LogP) is 2.21. The van der Waals surface area contributed by atoms with E-state index in [2.05, 4.69) is 0 Å². The number of ether oxygens (including phenoxy) is 1. The number of hydrogen-bond donors (Lipinski definition) is 1. The molecule has 2 rings (SSSR count). The standard InChI is InChI=1S/C16H21NO4/c1-2-21-15-8-4-3-6-12(15)14(18)9-11-17-10-5-7-13(17)16(19)20/h3-4,6,8,13H,2,5,7,9-11H2,1H3,(H,19,20). The van der Waals surface area contributed by atoms with Crippen molar-refractivity contribution >= 4 is 11.8 Å². The number of rotatable bonds is 7. The van der Waals surface area contributed by atoms with Gasteiger partial charge in [0.15, 0.2) is 5.78 Å². The first-order chi connectivity index (χ1) is 10.1. The average molecular weight is 291 g/mol. The van der Waals surface area contributed by atoms with Crippen LogP contribution in [0.3, 0.4) is 0 Å². The first kappa shape index (κ1) is 15.5. The molecule has 0 bridgehead atoms. The summed E-state index contributed by atoms with van der Waals surface area (Å²) in [6.07, 6.45) is 1.85. The number of carboxylic acids is 1. The van der Waals surface area contributed by atoms with Crippen molar-refractivity contribution in [1.82, 2.24) is 4.90 Å². The lowest BCUT2D eigenvalue weighted by molar-refractivity contribution is -0.142. The lowest BCUT2D eigenvalue weighted by atomic mass is 10.1. The summed E-state index contributed by atoms with van der Waals surface area (Å²) in [6.45, 7) is 3.62. The molecule has 0 aliphatic carbocycles. The molecule has 0 aromatic heterocycles. The van der Waals surface area contributed by atoms with Crippen molar-refractivity contribution in [3.63, 3.8) is 0 Å². The zero-order valence-corrected chi connectivity index (χ0v) is 12.2. The zero-order valence-electron chi connectivity index (χ0n) is 12.2. The summed E-state index contributed by atoms with van der Waals surface area (Å²) in [5, 5.41) is 9.13. The normalized spacial score (nSPS) is 18.6. The Morgan fingerprint density at radius 2 is 2.14 bits per heavy atom. The third-order valence-corrected chi connectivity index (χ3v) is 3.76. The fourth-order valence-corrected chi connectivity index (χ4v) is 2.73. The smallest absolute Gasteiger partial charge is 0.320 e. The van der Waals surface area contributed by atoms with E-state index >= 15 is 0 Å².